The van der Waals surface area contributed by atoms with Crippen LogP contribution < -0.4 is 21.2 Å². The van der Waals surface area contributed by atoms with Gasteiger partial charge in [0.2, 0.25) is 0 Å². The molecule has 0 aliphatic carbocycles. The molecule has 26 heavy (non-hydrogen) atoms. The number of hydrogen-bond donors (Lipinski definition) is 0. The van der Waals surface area contributed by atoms with Gasteiger partial charge in [-0.2, -0.15) is 0 Å². The van der Waals surface area contributed by atoms with Crippen molar-refractivity contribution in [1.82, 2.24) is 4.90 Å². The molecule has 0 amide bonds. The molecule has 0 aromatic heterocycles. The Labute approximate surface area is 169 Å². The Kier molecular flexibility index (Phi) is 5.30. The fraction of sp³-hybridized carbons (Fsp3) is 0.227. The van der Waals surface area contributed by atoms with E-state index in [0.29, 0.717) is 39.3 Å². The molecule has 2 aliphatic rings. The van der Waals surface area contributed by atoms with Crippen LogP contribution in [0.5, 0.6) is 0 Å². The zero-order chi connectivity index (χ0) is 18.1. The Balaban J connectivity index is 1.69. The van der Waals surface area contributed by atoms with Crippen LogP contribution in [0.1, 0.15) is 20.6 Å². The topological polar surface area (TPSA) is 20.3 Å². The Morgan fingerprint density at radius 3 is 2.23 bits per heavy atom. The van der Waals surface area contributed by atoms with Gasteiger partial charge in [0, 0.05) is 0 Å². The number of alkyl halides is 2. The predicted octanol–water partition coefficient (Wildman–Crippen LogP) is 1.47. The maximum atomic E-state index is 13.1. The van der Waals surface area contributed by atoms with Crippen LogP contribution >= 0.6 is 11.6 Å². The number of hydrogen-bond acceptors (Lipinski definition) is 2. The van der Waals surface area contributed by atoms with Gasteiger partial charge in [0.25, 0.3) is 0 Å². The molecule has 2 saturated heterocycles. The number of halogens is 2. The molecule has 2 aromatic carbocycles. The summed E-state index contributed by atoms with van der Waals surface area (Å²) in [6, 6.07) is 16.2. The van der Waals surface area contributed by atoms with Crippen molar-refractivity contribution in [2.45, 2.75) is 3.92 Å². The SMILES string of the molecule is CN1C/C(=C\c2ccccc2Cl)C(=O)/C(=C/c2ccccc2C2C[I-]2)C1. The minimum absolute atomic E-state index is 0.142. The molecule has 2 aromatic rings. The number of carbonyl (C=O) groups excluding carboxylic acids is 1. The van der Waals surface area contributed by atoms with Crippen LogP contribution in [-0.2, 0) is 4.79 Å². The molecule has 1 atom stereocenters. The van der Waals surface area contributed by atoms with E-state index in [1.54, 1.807) is 0 Å². The number of Topliss-reactive ketones (excluding diaryl/α,β-unsaturated/α-hetero) is 1. The van der Waals surface area contributed by atoms with Crippen molar-refractivity contribution >= 4 is 29.5 Å². The number of ketones is 1. The number of likely N-dealkylation sites (tertiary alicyclic amines) is 1. The molecule has 0 spiro atoms. The summed E-state index contributed by atoms with van der Waals surface area (Å²) in [4.78, 5) is 15.3. The summed E-state index contributed by atoms with van der Waals surface area (Å²) >= 11 is 6.61. The Morgan fingerprint density at radius 2 is 1.58 bits per heavy atom. The Hall–Kier alpha value is -1.43. The van der Waals surface area contributed by atoms with E-state index in [-0.39, 0.29) is 5.78 Å². The Bertz CT molecular complexity index is 914. The summed E-state index contributed by atoms with van der Waals surface area (Å²) in [6.45, 7) is 1.34. The average molecular weight is 477 g/mol. The van der Waals surface area contributed by atoms with E-state index in [2.05, 4.69) is 42.3 Å². The second-order valence-electron chi connectivity index (χ2n) is 6.77. The zero-order valence-corrected chi connectivity index (χ0v) is 17.5. The van der Waals surface area contributed by atoms with E-state index >= 15 is 0 Å². The zero-order valence-electron chi connectivity index (χ0n) is 14.6. The van der Waals surface area contributed by atoms with E-state index in [1.165, 1.54) is 15.6 Å². The van der Waals surface area contributed by atoms with Crippen LogP contribution in [0.15, 0.2) is 59.7 Å². The summed E-state index contributed by atoms with van der Waals surface area (Å²) in [6.07, 6.45) is 4.04. The van der Waals surface area contributed by atoms with Crippen molar-refractivity contribution in [3.8, 4) is 0 Å². The molecular weight excluding hydrogens is 457 g/mol. The van der Waals surface area contributed by atoms with Crippen LogP contribution in [0.25, 0.3) is 12.2 Å². The monoisotopic (exact) mass is 476 g/mol. The van der Waals surface area contributed by atoms with Gasteiger partial charge in [-0.1, -0.05) is 0 Å². The van der Waals surface area contributed by atoms with Gasteiger partial charge in [-0.3, -0.25) is 0 Å². The number of nitrogens with zero attached hydrogens (tertiary/aromatic N) is 1. The van der Waals surface area contributed by atoms with Crippen LogP contribution in [-0.4, -0.2) is 35.2 Å². The van der Waals surface area contributed by atoms with Gasteiger partial charge in [-0.05, 0) is 0 Å². The van der Waals surface area contributed by atoms with Crippen molar-refractivity contribution in [2.24, 2.45) is 0 Å². The van der Waals surface area contributed by atoms with E-state index in [1.807, 2.05) is 30.3 Å². The van der Waals surface area contributed by atoms with Gasteiger partial charge in [0.1, 0.15) is 0 Å². The van der Waals surface area contributed by atoms with E-state index in [9.17, 15) is 4.79 Å². The molecule has 134 valence electrons. The van der Waals surface area contributed by atoms with Gasteiger partial charge in [0.05, 0.1) is 0 Å². The molecule has 1 unspecified atom stereocenters. The summed E-state index contributed by atoms with van der Waals surface area (Å²) in [7, 11) is 2.05. The Morgan fingerprint density at radius 1 is 1.00 bits per heavy atom. The molecule has 2 heterocycles. The molecule has 0 radical (unpaired) electrons. The number of likely N-dealkylation sites (N-methyl/N-ethyl adjacent to an activating group) is 1. The fourth-order valence-corrected chi connectivity index (χ4v) is 5.28. The number of rotatable bonds is 3. The second kappa shape index (κ2) is 7.67. The van der Waals surface area contributed by atoms with Gasteiger partial charge in [-0.25, -0.2) is 0 Å². The number of carbonyl (C=O) groups is 1. The number of piperidine rings is 1. The van der Waals surface area contributed by atoms with Crippen LogP contribution in [0.2, 0.25) is 5.02 Å². The van der Waals surface area contributed by atoms with Crippen molar-refractivity contribution in [3.63, 3.8) is 0 Å². The minimum atomic E-state index is 0.142. The van der Waals surface area contributed by atoms with Gasteiger partial charge in [-0.15, -0.1) is 0 Å². The number of benzene rings is 2. The van der Waals surface area contributed by atoms with Crippen molar-refractivity contribution in [1.29, 1.82) is 0 Å². The van der Waals surface area contributed by atoms with Gasteiger partial charge >= 0.3 is 170 Å². The first-order valence-corrected chi connectivity index (χ1v) is 11.8. The standard InChI is InChI=1S/C22H20ClINO/c1-25-13-17(10-15-6-2-4-8-19(15)21-12-24-21)22(26)18(14-25)11-16-7-3-5-9-20(16)23/h2-11,21H,12-14H2,1H3/q-1/b17-10+,18-11+. The third-order valence-electron chi connectivity index (χ3n) is 4.67. The van der Waals surface area contributed by atoms with Crippen molar-refractivity contribution < 1.29 is 26.0 Å². The molecule has 0 N–H and O–H groups in total. The van der Waals surface area contributed by atoms with E-state index < -0.39 is 0 Å². The molecule has 2 aliphatic heterocycles. The third kappa shape index (κ3) is 3.95. The summed E-state index contributed by atoms with van der Waals surface area (Å²) in [5.74, 6) is 0.142. The molecular formula is C22H20ClINO-. The fourth-order valence-electron chi connectivity index (χ4n) is 3.32. The average Bonchev–Trinajstić information content (AvgIpc) is 3.46. The quantitative estimate of drug-likeness (QED) is 0.380. The predicted molar refractivity (Wildman–Crippen MR) is 104 cm³/mol. The summed E-state index contributed by atoms with van der Waals surface area (Å²) in [5.41, 5.74) is 5.20. The van der Waals surface area contributed by atoms with Gasteiger partial charge in [0.15, 0.2) is 0 Å². The third-order valence-corrected chi connectivity index (χ3v) is 7.45. The van der Waals surface area contributed by atoms with E-state index in [4.69, 9.17) is 11.6 Å². The molecule has 0 bridgehead atoms. The molecule has 4 heteroatoms. The first-order chi connectivity index (χ1) is 12.6. The van der Waals surface area contributed by atoms with Crippen LogP contribution in [0.4, 0.5) is 0 Å². The van der Waals surface area contributed by atoms with Crippen LogP contribution in [0, 0.1) is 0 Å². The molecule has 4 rings (SSSR count). The first kappa shape index (κ1) is 18.0. The van der Waals surface area contributed by atoms with Crippen LogP contribution in [0.3, 0.4) is 0 Å². The van der Waals surface area contributed by atoms with Crippen molar-refractivity contribution in [3.05, 3.63) is 81.4 Å². The normalized spacial score (nSPS) is 23.9. The van der Waals surface area contributed by atoms with Gasteiger partial charge < -0.3 is 0 Å². The van der Waals surface area contributed by atoms with Crippen molar-refractivity contribution in [2.75, 3.05) is 24.6 Å². The first-order valence-electron chi connectivity index (χ1n) is 8.67. The second-order valence-corrected chi connectivity index (χ2v) is 10.4. The molecule has 0 saturated carbocycles. The maximum absolute atomic E-state index is 13.1. The summed E-state index contributed by atoms with van der Waals surface area (Å²) < 4.78 is 2.14. The van der Waals surface area contributed by atoms with E-state index in [0.717, 1.165) is 20.6 Å². The molecule has 2 nitrogen and oxygen atoms in total. The molecule has 2 fully saturated rings. The summed E-state index contributed by atoms with van der Waals surface area (Å²) in [5, 5.41) is 0.676.